The average Bonchev–Trinajstić information content (AvgIpc) is 2.42. The number of hydrogen-bond donors (Lipinski definition) is 1. The van der Waals surface area contributed by atoms with Crippen LogP contribution in [0.2, 0.25) is 10.0 Å². The Labute approximate surface area is 129 Å². The van der Waals surface area contributed by atoms with Crippen LogP contribution in [0.1, 0.15) is 32.1 Å². The molecule has 1 aliphatic carbocycles. The number of nitrogens with two attached hydrogens (primary N) is 1. The SMILES string of the molecule is CN(C1CCCCC1)S(=O)(=O)c1cc(Cl)c(N)cc1Cl. The van der Waals surface area contributed by atoms with Crippen LogP contribution in [0.4, 0.5) is 5.69 Å². The summed E-state index contributed by atoms with van der Waals surface area (Å²) in [5.74, 6) is 0. The molecule has 0 bridgehead atoms. The second kappa shape index (κ2) is 6.10. The fourth-order valence-corrected chi connectivity index (χ4v) is 4.72. The van der Waals surface area contributed by atoms with Crippen LogP contribution < -0.4 is 5.73 Å². The summed E-state index contributed by atoms with van der Waals surface area (Å²) in [7, 11) is -2.04. The van der Waals surface area contributed by atoms with Gasteiger partial charge in [-0.05, 0) is 25.0 Å². The molecule has 0 radical (unpaired) electrons. The van der Waals surface area contributed by atoms with Crippen molar-refractivity contribution in [3.63, 3.8) is 0 Å². The molecule has 1 aromatic rings. The maximum Gasteiger partial charge on any atom is 0.244 e. The van der Waals surface area contributed by atoms with E-state index in [-0.39, 0.29) is 26.7 Å². The van der Waals surface area contributed by atoms with E-state index in [1.165, 1.54) is 22.9 Å². The summed E-state index contributed by atoms with van der Waals surface area (Å²) in [6.45, 7) is 0. The quantitative estimate of drug-likeness (QED) is 0.858. The van der Waals surface area contributed by atoms with Gasteiger partial charge in [0.05, 0.1) is 15.7 Å². The molecule has 0 unspecified atom stereocenters. The van der Waals surface area contributed by atoms with Crippen molar-refractivity contribution in [2.24, 2.45) is 0 Å². The molecule has 4 nitrogen and oxygen atoms in total. The van der Waals surface area contributed by atoms with Crippen molar-refractivity contribution < 1.29 is 8.42 Å². The summed E-state index contributed by atoms with van der Waals surface area (Å²) in [6, 6.07) is 2.74. The fraction of sp³-hybridized carbons (Fsp3) is 0.538. The minimum Gasteiger partial charge on any atom is -0.397 e. The van der Waals surface area contributed by atoms with Gasteiger partial charge < -0.3 is 5.73 Å². The van der Waals surface area contributed by atoms with Gasteiger partial charge in [-0.3, -0.25) is 0 Å². The van der Waals surface area contributed by atoms with E-state index in [9.17, 15) is 8.42 Å². The Morgan fingerprint density at radius 3 is 2.35 bits per heavy atom. The van der Waals surface area contributed by atoms with Crippen LogP contribution in [0.15, 0.2) is 17.0 Å². The molecule has 1 aromatic carbocycles. The maximum absolute atomic E-state index is 12.7. The lowest BCUT2D eigenvalue weighted by Crippen LogP contribution is -2.38. The van der Waals surface area contributed by atoms with Crippen molar-refractivity contribution >= 4 is 38.9 Å². The van der Waals surface area contributed by atoms with Crippen molar-refractivity contribution in [2.75, 3.05) is 12.8 Å². The molecule has 2 N–H and O–H groups in total. The van der Waals surface area contributed by atoms with E-state index < -0.39 is 10.0 Å². The Morgan fingerprint density at radius 2 is 1.75 bits per heavy atom. The molecule has 20 heavy (non-hydrogen) atoms. The highest BCUT2D eigenvalue weighted by Gasteiger charge is 2.31. The average molecular weight is 337 g/mol. The molecule has 1 fully saturated rings. The van der Waals surface area contributed by atoms with Gasteiger partial charge in [-0.1, -0.05) is 42.5 Å². The second-order valence-electron chi connectivity index (χ2n) is 5.12. The molecule has 0 atom stereocenters. The van der Waals surface area contributed by atoms with E-state index in [2.05, 4.69) is 0 Å². The summed E-state index contributed by atoms with van der Waals surface area (Å²) in [5.41, 5.74) is 5.90. The van der Waals surface area contributed by atoms with Crippen LogP contribution in [0.25, 0.3) is 0 Å². The van der Waals surface area contributed by atoms with Crippen LogP contribution >= 0.6 is 23.2 Å². The van der Waals surface area contributed by atoms with E-state index >= 15 is 0 Å². The Hall–Kier alpha value is -0.490. The van der Waals surface area contributed by atoms with Gasteiger partial charge in [-0.15, -0.1) is 0 Å². The lowest BCUT2D eigenvalue weighted by Gasteiger charge is -2.30. The van der Waals surface area contributed by atoms with Gasteiger partial charge in [0.15, 0.2) is 0 Å². The normalized spacial score (nSPS) is 17.6. The van der Waals surface area contributed by atoms with Crippen LogP contribution in [0, 0.1) is 0 Å². The van der Waals surface area contributed by atoms with Gasteiger partial charge in [0, 0.05) is 13.1 Å². The molecule has 0 heterocycles. The summed E-state index contributed by atoms with van der Waals surface area (Å²) in [5, 5.41) is 0.305. The van der Waals surface area contributed by atoms with E-state index in [0.717, 1.165) is 25.7 Å². The molecule has 0 spiro atoms. The molecule has 1 saturated carbocycles. The van der Waals surface area contributed by atoms with Gasteiger partial charge in [-0.2, -0.15) is 4.31 Å². The predicted octanol–water partition coefficient (Wildman–Crippen LogP) is 3.53. The molecule has 0 saturated heterocycles. The fourth-order valence-electron chi connectivity index (χ4n) is 2.54. The number of rotatable bonds is 3. The first kappa shape index (κ1) is 15.9. The van der Waals surface area contributed by atoms with Crippen LogP contribution in [0.5, 0.6) is 0 Å². The molecule has 0 aliphatic heterocycles. The zero-order chi connectivity index (χ0) is 14.9. The number of nitrogens with zero attached hydrogens (tertiary/aromatic N) is 1. The Morgan fingerprint density at radius 1 is 1.15 bits per heavy atom. The first-order valence-corrected chi connectivity index (χ1v) is 8.76. The molecular weight excluding hydrogens is 319 g/mol. The van der Waals surface area contributed by atoms with E-state index in [1.54, 1.807) is 7.05 Å². The third-order valence-corrected chi connectivity index (χ3v) is 6.50. The van der Waals surface area contributed by atoms with Crippen molar-refractivity contribution in [1.29, 1.82) is 0 Å². The van der Waals surface area contributed by atoms with Gasteiger partial charge >= 0.3 is 0 Å². The van der Waals surface area contributed by atoms with E-state index in [0.29, 0.717) is 0 Å². The van der Waals surface area contributed by atoms with Crippen molar-refractivity contribution in [2.45, 2.75) is 43.0 Å². The summed E-state index contributed by atoms with van der Waals surface area (Å²) in [4.78, 5) is 0.0199. The molecule has 0 aromatic heterocycles. The molecule has 0 amide bonds. The summed E-state index contributed by atoms with van der Waals surface area (Å²) in [6.07, 6.45) is 5.05. The molecule has 112 valence electrons. The monoisotopic (exact) mass is 336 g/mol. The van der Waals surface area contributed by atoms with Crippen molar-refractivity contribution in [3.05, 3.63) is 22.2 Å². The smallest absolute Gasteiger partial charge is 0.244 e. The zero-order valence-electron chi connectivity index (χ0n) is 11.3. The number of benzene rings is 1. The minimum atomic E-state index is -3.65. The number of anilines is 1. The summed E-state index contributed by atoms with van der Waals surface area (Å²) >= 11 is 11.9. The first-order chi connectivity index (χ1) is 9.34. The van der Waals surface area contributed by atoms with E-state index in [4.69, 9.17) is 28.9 Å². The van der Waals surface area contributed by atoms with Crippen LogP contribution in [0.3, 0.4) is 0 Å². The van der Waals surface area contributed by atoms with Crippen LogP contribution in [-0.4, -0.2) is 25.8 Å². The third-order valence-electron chi connectivity index (χ3n) is 3.80. The highest BCUT2D eigenvalue weighted by Crippen LogP contribution is 2.33. The molecule has 1 aliphatic rings. The zero-order valence-corrected chi connectivity index (χ0v) is 13.6. The molecule has 7 heteroatoms. The predicted molar refractivity (Wildman–Crippen MR) is 82.7 cm³/mol. The number of nitrogen functional groups attached to an aromatic ring is 1. The number of sulfonamides is 1. The lowest BCUT2D eigenvalue weighted by molar-refractivity contribution is 0.286. The maximum atomic E-state index is 12.7. The standard InChI is InChI=1S/C13H18Cl2N2O2S/c1-17(9-5-3-2-4-6-9)20(18,19)13-8-10(14)12(16)7-11(13)15/h7-9H,2-6,16H2,1H3. The van der Waals surface area contributed by atoms with Crippen molar-refractivity contribution in [3.8, 4) is 0 Å². The minimum absolute atomic E-state index is 0.0199. The Bertz CT molecular complexity index is 599. The van der Waals surface area contributed by atoms with Gasteiger partial charge in [0.2, 0.25) is 10.0 Å². The highest BCUT2D eigenvalue weighted by molar-refractivity contribution is 7.89. The largest absolute Gasteiger partial charge is 0.397 e. The topological polar surface area (TPSA) is 63.4 Å². The number of hydrogen-bond acceptors (Lipinski definition) is 3. The van der Waals surface area contributed by atoms with Gasteiger partial charge in [-0.25, -0.2) is 8.42 Å². The Balaban J connectivity index is 2.36. The van der Waals surface area contributed by atoms with Crippen LogP contribution in [-0.2, 0) is 10.0 Å². The molecule has 2 rings (SSSR count). The lowest BCUT2D eigenvalue weighted by atomic mass is 9.96. The second-order valence-corrected chi connectivity index (χ2v) is 7.90. The van der Waals surface area contributed by atoms with Crippen molar-refractivity contribution in [1.82, 2.24) is 4.31 Å². The third kappa shape index (κ3) is 3.06. The van der Waals surface area contributed by atoms with Gasteiger partial charge in [0.1, 0.15) is 4.90 Å². The molecular formula is C13H18Cl2N2O2S. The summed E-state index contributed by atoms with van der Waals surface area (Å²) < 4.78 is 26.7. The highest BCUT2D eigenvalue weighted by atomic mass is 35.5. The van der Waals surface area contributed by atoms with Gasteiger partial charge in [0.25, 0.3) is 0 Å². The number of halogens is 2. The van der Waals surface area contributed by atoms with E-state index in [1.807, 2.05) is 0 Å². The Kier molecular flexibility index (Phi) is 4.84. The first-order valence-electron chi connectivity index (χ1n) is 6.56.